The van der Waals surface area contributed by atoms with Gasteiger partial charge in [-0.3, -0.25) is 0 Å². The van der Waals surface area contributed by atoms with Gasteiger partial charge in [0.15, 0.2) is 0 Å². The van der Waals surface area contributed by atoms with Crippen molar-refractivity contribution >= 4 is 11.6 Å². The Morgan fingerprint density at radius 1 is 1.18 bits per heavy atom. The zero-order chi connectivity index (χ0) is 20.3. The Hall–Kier alpha value is -1.67. The molecule has 2 aromatic rings. The second kappa shape index (κ2) is 8.78. The van der Waals surface area contributed by atoms with Gasteiger partial charge in [0.25, 0.3) is 0 Å². The molecule has 1 fully saturated rings. The van der Waals surface area contributed by atoms with Crippen molar-refractivity contribution in [3.05, 3.63) is 64.2 Å². The van der Waals surface area contributed by atoms with E-state index in [2.05, 4.69) is 0 Å². The van der Waals surface area contributed by atoms with Gasteiger partial charge in [-0.05, 0) is 48.2 Å². The summed E-state index contributed by atoms with van der Waals surface area (Å²) < 4.78 is 10.6. The summed E-state index contributed by atoms with van der Waals surface area (Å²) in [5, 5.41) is 41.8. The molecule has 7 heteroatoms. The van der Waals surface area contributed by atoms with Crippen LogP contribution < -0.4 is 4.74 Å². The number of benzene rings is 2. The molecule has 0 spiro atoms. The van der Waals surface area contributed by atoms with E-state index < -0.39 is 30.5 Å². The van der Waals surface area contributed by atoms with Crippen LogP contribution in [0.4, 0.5) is 0 Å². The maximum atomic E-state index is 11.1. The summed E-state index contributed by atoms with van der Waals surface area (Å²) in [6.45, 7) is 1.85. The fourth-order valence-electron chi connectivity index (χ4n) is 3.48. The Bertz CT molecular complexity index is 796. The van der Waals surface area contributed by atoms with E-state index >= 15 is 0 Å². The normalized spacial score (nSPS) is 27.6. The van der Waals surface area contributed by atoms with Crippen LogP contribution in [-0.2, 0) is 16.8 Å². The van der Waals surface area contributed by atoms with Crippen molar-refractivity contribution in [1.82, 2.24) is 0 Å². The van der Waals surface area contributed by atoms with Gasteiger partial charge >= 0.3 is 0 Å². The van der Waals surface area contributed by atoms with Gasteiger partial charge in [-0.1, -0.05) is 35.9 Å². The number of aliphatic hydroxyl groups is 4. The molecule has 0 amide bonds. The molecular weight excluding hydrogens is 384 g/mol. The maximum Gasteiger partial charge on any atom is 0.146 e. The van der Waals surface area contributed by atoms with Crippen LogP contribution in [-0.4, -0.2) is 58.6 Å². The molecule has 1 aliphatic heterocycles. The highest BCUT2D eigenvalue weighted by molar-refractivity contribution is 6.31. The van der Waals surface area contributed by atoms with Crippen molar-refractivity contribution in [3.8, 4) is 5.75 Å². The van der Waals surface area contributed by atoms with Crippen LogP contribution in [0.25, 0.3) is 0 Å². The molecule has 0 saturated carbocycles. The van der Waals surface area contributed by atoms with E-state index in [-0.39, 0.29) is 6.61 Å². The average molecular weight is 409 g/mol. The smallest absolute Gasteiger partial charge is 0.146 e. The van der Waals surface area contributed by atoms with Gasteiger partial charge in [-0.2, -0.15) is 0 Å². The SMILES string of the molecule is CCOc1ccc(Cc2cc([C@]3(O)[C@H](O)[C@@H](CO)OC[C@@H]3O)ccc2Cl)cc1. The van der Waals surface area contributed by atoms with Gasteiger partial charge in [0.05, 0.1) is 19.8 Å². The van der Waals surface area contributed by atoms with Crippen molar-refractivity contribution < 1.29 is 29.9 Å². The highest BCUT2D eigenvalue weighted by atomic mass is 35.5. The summed E-state index contributed by atoms with van der Waals surface area (Å²) in [5.74, 6) is 0.781. The molecule has 3 rings (SSSR count). The van der Waals surface area contributed by atoms with Crippen LogP contribution in [0.2, 0.25) is 5.02 Å². The molecule has 0 unspecified atom stereocenters. The lowest BCUT2D eigenvalue weighted by Crippen LogP contribution is -2.61. The molecule has 0 radical (unpaired) electrons. The van der Waals surface area contributed by atoms with Crippen LogP contribution in [0, 0.1) is 0 Å². The minimum atomic E-state index is -1.97. The fourth-order valence-corrected chi connectivity index (χ4v) is 3.66. The Balaban J connectivity index is 1.90. The first kappa shape index (κ1) is 21.0. The third-order valence-electron chi connectivity index (χ3n) is 5.10. The molecular formula is C21H25ClO6. The predicted octanol–water partition coefficient (Wildman–Crippen LogP) is 1.63. The Labute approximate surface area is 168 Å². The minimum absolute atomic E-state index is 0.199. The van der Waals surface area contributed by atoms with E-state index in [4.69, 9.17) is 21.1 Å². The van der Waals surface area contributed by atoms with E-state index in [1.165, 1.54) is 0 Å². The van der Waals surface area contributed by atoms with Gasteiger partial charge in [0.2, 0.25) is 0 Å². The zero-order valence-corrected chi connectivity index (χ0v) is 16.3. The highest BCUT2D eigenvalue weighted by Crippen LogP contribution is 2.37. The number of halogens is 1. The van der Waals surface area contributed by atoms with Gasteiger partial charge < -0.3 is 29.9 Å². The van der Waals surface area contributed by atoms with Crippen LogP contribution in [0.3, 0.4) is 0 Å². The molecule has 4 atom stereocenters. The second-order valence-electron chi connectivity index (χ2n) is 6.90. The topological polar surface area (TPSA) is 99.4 Å². The number of rotatable bonds is 6. The van der Waals surface area contributed by atoms with Crippen LogP contribution in [0.15, 0.2) is 42.5 Å². The molecule has 1 saturated heterocycles. The molecule has 0 aliphatic carbocycles. The highest BCUT2D eigenvalue weighted by Gasteiger charge is 2.51. The Kier molecular flexibility index (Phi) is 6.60. The molecule has 28 heavy (non-hydrogen) atoms. The number of aliphatic hydroxyl groups excluding tert-OH is 3. The summed E-state index contributed by atoms with van der Waals surface area (Å²) in [4.78, 5) is 0. The molecule has 4 N–H and O–H groups in total. The van der Waals surface area contributed by atoms with E-state index in [0.717, 1.165) is 16.9 Å². The van der Waals surface area contributed by atoms with Crippen molar-refractivity contribution in [2.24, 2.45) is 0 Å². The van der Waals surface area contributed by atoms with Gasteiger partial charge in [-0.15, -0.1) is 0 Å². The standard InChI is InChI=1S/C21H25ClO6/c1-2-27-16-6-3-13(4-7-16)9-14-10-15(5-8-17(14)22)21(26)19(24)12-28-18(11-23)20(21)25/h3-8,10,18-20,23-26H,2,9,11-12H2,1H3/t18-,19+,20-,21-/m1/s1. The average Bonchev–Trinajstić information content (AvgIpc) is 2.70. The van der Waals surface area contributed by atoms with Crippen molar-refractivity contribution in [1.29, 1.82) is 0 Å². The van der Waals surface area contributed by atoms with E-state index in [9.17, 15) is 20.4 Å². The van der Waals surface area contributed by atoms with E-state index in [0.29, 0.717) is 23.6 Å². The molecule has 6 nitrogen and oxygen atoms in total. The fraction of sp³-hybridized carbons (Fsp3) is 0.429. The third-order valence-corrected chi connectivity index (χ3v) is 5.47. The number of hydrogen-bond donors (Lipinski definition) is 4. The maximum absolute atomic E-state index is 11.1. The predicted molar refractivity (Wildman–Crippen MR) is 105 cm³/mol. The lowest BCUT2D eigenvalue weighted by molar-refractivity contribution is -0.253. The number of ether oxygens (including phenoxy) is 2. The molecule has 1 heterocycles. The Morgan fingerprint density at radius 3 is 2.54 bits per heavy atom. The monoisotopic (exact) mass is 408 g/mol. The molecule has 152 valence electrons. The summed E-state index contributed by atoms with van der Waals surface area (Å²) >= 11 is 6.34. The summed E-state index contributed by atoms with van der Waals surface area (Å²) in [5.41, 5.74) is 0.0858. The second-order valence-corrected chi connectivity index (χ2v) is 7.31. The van der Waals surface area contributed by atoms with Crippen LogP contribution in [0.1, 0.15) is 23.6 Å². The van der Waals surface area contributed by atoms with Crippen molar-refractivity contribution in [2.45, 2.75) is 37.3 Å². The first-order valence-corrected chi connectivity index (χ1v) is 9.59. The van der Waals surface area contributed by atoms with Crippen molar-refractivity contribution in [2.75, 3.05) is 19.8 Å². The first-order valence-electron chi connectivity index (χ1n) is 9.21. The van der Waals surface area contributed by atoms with E-state index in [1.807, 2.05) is 31.2 Å². The largest absolute Gasteiger partial charge is 0.494 e. The van der Waals surface area contributed by atoms with Gasteiger partial charge in [-0.25, -0.2) is 0 Å². The third kappa shape index (κ3) is 4.03. The molecule has 0 aromatic heterocycles. The zero-order valence-electron chi connectivity index (χ0n) is 15.6. The summed E-state index contributed by atoms with van der Waals surface area (Å²) in [6, 6.07) is 12.5. The first-order chi connectivity index (χ1) is 13.4. The summed E-state index contributed by atoms with van der Waals surface area (Å²) in [7, 11) is 0. The molecule has 1 aliphatic rings. The lowest BCUT2D eigenvalue weighted by Gasteiger charge is -2.44. The van der Waals surface area contributed by atoms with Crippen molar-refractivity contribution in [3.63, 3.8) is 0 Å². The van der Waals surface area contributed by atoms with Gasteiger partial charge in [0.1, 0.15) is 29.7 Å². The minimum Gasteiger partial charge on any atom is -0.494 e. The van der Waals surface area contributed by atoms with E-state index in [1.54, 1.807) is 18.2 Å². The number of hydrogen-bond acceptors (Lipinski definition) is 6. The van der Waals surface area contributed by atoms with Crippen LogP contribution >= 0.6 is 11.6 Å². The molecule has 0 bridgehead atoms. The van der Waals surface area contributed by atoms with Gasteiger partial charge in [0, 0.05) is 5.02 Å². The molecule has 2 aromatic carbocycles. The van der Waals surface area contributed by atoms with Crippen LogP contribution in [0.5, 0.6) is 5.75 Å². The quantitative estimate of drug-likeness (QED) is 0.580. The Morgan fingerprint density at radius 2 is 1.89 bits per heavy atom. The summed E-state index contributed by atoms with van der Waals surface area (Å²) in [6.07, 6.45) is -3.31. The lowest BCUT2D eigenvalue weighted by atomic mass is 9.78.